The number of hydrogen-bond acceptors (Lipinski definition) is 4. The third-order valence-corrected chi connectivity index (χ3v) is 3.46. The molecule has 0 saturated carbocycles. The standard InChI is InChI=1S/C14H22N6/c1-10-7-8-20(14(16)18-19(2)17)9-13(10)11-3-5-12(15)6-4-11/h3-6H,7-9,15,17H2,1-2H3,(H2,16,18). The molecular formula is C14H22N6. The highest BCUT2D eigenvalue weighted by atomic mass is 15.6. The van der Waals surface area contributed by atoms with E-state index in [-0.39, 0.29) is 0 Å². The summed E-state index contributed by atoms with van der Waals surface area (Å²) in [7, 11) is 1.65. The van der Waals surface area contributed by atoms with Crippen LogP contribution in [-0.2, 0) is 0 Å². The van der Waals surface area contributed by atoms with Crippen LogP contribution >= 0.6 is 0 Å². The minimum atomic E-state index is 0.440. The molecule has 0 amide bonds. The van der Waals surface area contributed by atoms with Crippen molar-refractivity contribution in [3.8, 4) is 0 Å². The average molecular weight is 274 g/mol. The van der Waals surface area contributed by atoms with E-state index in [4.69, 9.17) is 17.3 Å². The van der Waals surface area contributed by atoms with Gasteiger partial charge >= 0.3 is 0 Å². The van der Waals surface area contributed by atoms with Crippen LogP contribution in [0, 0.1) is 0 Å². The molecule has 0 atom stereocenters. The minimum absolute atomic E-state index is 0.440. The Morgan fingerprint density at radius 1 is 1.30 bits per heavy atom. The molecule has 1 aromatic rings. The predicted octanol–water partition coefficient (Wildman–Crippen LogP) is 0.783. The van der Waals surface area contributed by atoms with Crippen molar-refractivity contribution < 1.29 is 0 Å². The first kappa shape index (κ1) is 14.2. The molecule has 0 unspecified atom stereocenters. The summed E-state index contributed by atoms with van der Waals surface area (Å²) in [5, 5.41) is 5.28. The topological polar surface area (TPSA) is 96.9 Å². The molecule has 0 fully saturated rings. The van der Waals surface area contributed by atoms with Crippen molar-refractivity contribution in [1.82, 2.24) is 10.0 Å². The second kappa shape index (κ2) is 5.83. The summed E-state index contributed by atoms with van der Waals surface area (Å²) < 4.78 is 0. The summed E-state index contributed by atoms with van der Waals surface area (Å²) in [5.74, 6) is 5.94. The highest BCUT2D eigenvalue weighted by molar-refractivity contribution is 5.82. The molecule has 108 valence electrons. The lowest BCUT2D eigenvalue weighted by atomic mass is 9.95. The predicted molar refractivity (Wildman–Crippen MR) is 83.2 cm³/mol. The van der Waals surface area contributed by atoms with E-state index >= 15 is 0 Å². The first-order valence-corrected chi connectivity index (χ1v) is 6.59. The summed E-state index contributed by atoms with van der Waals surface area (Å²) in [5.41, 5.74) is 16.3. The smallest absolute Gasteiger partial charge is 0.215 e. The fraction of sp³-hybridized carbons (Fsp3) is 0.357. The summed E-state index contributed by atoms with van der Waals surface area (Å²) in [6.07, 6.45) is 0.963. The molecule has 1 aliphatic heterocycles. The van der Waals surface area contributed by atoms with Gasteiger partial charge in [0.25, 0.3) is 0 Å². The molecule has 1 heterocycles. The molecule has 0 saturated heterocycles. The lowest BCUT2D eigenvalue weighted by Gasteiger charge is -2.31. The van der Waals surface area contributed by atoms with Crippen LogP contribution in [-0.4, -0.2) is 36.1 Å². The van der Waals surface area contributed by atoms with Crippen LogP contribution in [0.25, 0.3) is 5.57 Å². The van der Waals surface area contributed by atoms with E-state index in [0.717, 1.165) is 25.2 Å². The van der Waals surface area contributed by atoms with Crippen molar-refractivity contribution in [2.24, 2.45) is 16.7 Å². The Morgan fingerprint density at radius 2 is 1.95 bits per heavy atom. The Labute approximate surface area is 119 Å². The highest BCUT2D eigenvalue weighted by Gasteiger charge is 2.19. The number of nitrogen functional groups attached to an aromatic ring is 1. The monoisotopic (exact) mass is 274 g/mol. The number of hydrogen-bond donors (Lipinski definition) is 3. The third-order valence-electron chi connectivity index (χ3n) is 3.46. The number of benzene rings is 1. The van der Waals surface area contributed by atoms with Crippen LogP contribution in [0.5, 0.6) is 0 Å². The summed E-state index contributed by atoms with van der Waals surface area (Å²) in [6.45, 7) is 3.75. The lowest BCUT2D eigenvalue weighted by Crippen LogP contribution is -2.43. The Kier molecular flexibility index (Phi) is 4.14. The van der Waals surface area contributed by atoms with Crippen molar-refractivity contribution in [2.45, 2.75) is 13.3 Å². The van der Waals surface area contributed by atoms with E-state index in [1.165, 1.54) is 21.8 Å². The molecule has 0 bridgehead atoms. The molecule has 0 aromatic heterocycles. The van der Waals surface area contributed by atoms with E-state index in [2.05, 4.69) is 12.0 Å². The maximum Gasteiger partial charge on any atom is 0.215 e. The van der Waals surface area contributed by atoms with Gasteiger partial charge in [0.1, 0.15) is 0 Å². The van der Waals surface area contributed by atoms with Crippen molar-refractivity contribution in [3.05, 3.63) is 35.4 Å². The van der Waals surface area contributed by atoms with E-state index < -0.39 is 0 Å². The number of anilines is 1. The van der Waals surface area contributed by atoms with Crippen LogP contribution in [0.4, 0.5) is 5.69 Å². The number of hydrazine groups is 1. The molecule has 6 heteroatoms. The Balaban J connectivity index is 2.23. The molecule has 0 aliphatic carbocycles. The quantitative estimate of drug-likeness (QED) is 0.243. The number of nitrogens with zero attached hydrogens (tertiary/aromatic N) is 3. The number of nitrogens with two attached hydrogens (primary N) is 3. The minimum Gasteiger partial charge on any atom is -0.399 e. The zero-order chi connectivity index (χ0) is 14.7. The summed E-state index contributed by atoms with van der Waals surface area (Å²) >= 11 is 0. The second-order valence-electron chi connectivity index (χ2n) is 5.08. The van der Waals surface area contributed by atoms with Gasteiger partial charge in [-0.25, -0.2) is 11.0 Å². The Bertz CT molecular complexity index is 529. The van der Waals surface area contributed by atoms with Gasteiger partial charge in [0.2, 0.25) is 5.96 Å². The number of guanidine groups is 1. The van der Waals surface area contributed by atoms with E-state index in [0.29, 0.717) is 5.96 Å². The van der Waals surface area contributed by atoms with Gasteiger partial charge in [-0.05, 0) is 36.6 Å². The van der Waals surface area contributed by atoms with E-state index in [1.54, 1.807) is 7.05 Å². The highest BCUT2D eigenvalue weighted by Crippen LogP contribution is 2.26. The van der Waals surface area contributed by atoms with Gasteiger partial charge in [0, 0.05) is 25.8 Å². The molecule has 0 spiro atoms. The maximum atomic E-state index is 5.97. The zero-order valence-electron chi connectivity index (χ0n) is 12.0. The van der Waals surface area contributed by atoms with E-state index in [1.807, 2.05) is 29.2 Å². The van der Waals surface area contributed by atoms with Gasteiger partial charge in [0.15, 0.2) is 0 Å². The Morgan fingerprint density at radius 3 is 2.55 bits per heavy atom. The largest absolute Gasteiger partial charge is 0.399 e. The average Bonchev–Trinajstić information content (AvgIpc) is 2.39. The third kappa shape index (κ3) is 3.21. The van der Waals surface area contributed by atoms with Crippen LogP contribution in [0.2, 0.25) is 0 Å². The van der Waals surface area contributed by atoms with Crippen LogP contribution in [0.3, 0.4) is 0 Å². The van der Waals surface area contributed by atoms with Gasteiger partial charge in [-0.2, -0.15) is 0 Å². The van der Waals surface area contributed by atoms with Gasteiger partial charge in [0.05, 0.1) is 0 Å². The van der Waals surface area contributed by atoms with Gasteiger partial charge < -0.3 is 16.4 Å². The van der Waals surface area contributed by atoms with Crippen LogP contribution in [0.1, 0.15) is 18.9 Å². The van der Waals surface area contributed by atoms with Crippen molar-refractivity contribution >= 4 is 17.2 Å². The van der Waals surface area contributed by atoms with Gasteiger partial charge in [-0.15, -0.1) is 5.10 Å². The molecule has 20 heavy (non-hydrogen) atoms. The first-order chi connectivity index (χ1) is 9.47. The number of hydrazone groups is 1. The number of rotatable bonds is 2. The second-order valence-corrected chi connectivity index (χ2v) is 5.08. The lowest BCUT2D eigenvalue weighted by molar-refractivity contribution is 0.350. The van der Waals surface area contributed by atoms with E-state index in [9.17, 15) is 0 Å². The summed E-state index contributed by atoms with van der Waals surface area (Å²) in [4.78, 5) is 2.03. The first-order valence-electron chi connectivity index (χ1n) is 6.59. The molecular weight excluding hydrogens is 252 g/mol. The molecule has 6 nitrogen and oxygen atoms in total. The zero-order valence-corrected chi connectivity index (χ0v) is 12.0. The van der Waals surface area contributed by atoms with Crippen molar-refractivity contribution in [1.29, 1.82) is 0 Å². The SMILES string of the molecule is CC1=C(c2ccc(N)cc2)CN(/C(N)=N/N(C)N)CC1. The van der Waals surface area contributed by atoms with Gasteiger partial charge in [-0.1, -0.05) is 17.7 Å². The Hall–Kier alpha value is -2.21. The van der Waals surface area contributed by atoms with Crippen LogP contribution in [0.15, 0.2) is 34.9 Å². The molecule has 1 aromatic carbocycles. The molecule has 6 N–H and O–H groups in total. The molecule has 0 radical (unpaired) electrons. The van der Waals surface area contributed by atoms with Crippen LogP contribution < -0.4 is 17.3 Å². The fourth-order valence-electron chi connectivity index (χ4n) is 2.30. The van der Waals surface area contributed by atoms with Gasteiger partial charge in [-0.3, -0.25) is 0 Å². The summed E-state index contributed by atoms with van der Waals surface area (Å²) in [6, 6.07) is 7.92. The maximum absolute atomic E-state index is 5.97. The van der Waals surface area contributed by atoms with Crippen molar-refractivity contribution in [3.63, 3.8) is 0 Å². The molecule has 1 aliphatic rings. The molecule has 2 rings (SSSR count). The fourth-order valence-corrected chi connectivity index (χ4v) is 2.30. The normalized spacial score (nSPS) is 16.6. The van der Waals surface area contributed by atoms with Crippen molar-refractivity contribution in [2.75, 3.05) is 25.9 Å².